The van der Waals surface area contributed by atoms with Gasteiger partial charge in [-0.2, -0.15) is 0 Å². The van der Waals surface area contributed by atoms with E-state index < -0.39 is 0 Å². The summed E-state index contributed by atoms with van der Waals surface area (Å²) in [7, 11) is 1.56. The molecule has 0 saturated carbocycles. The second-order valence-corrected chi connectivity index (χ2v) is 2.23. The van der Waals surface area contributed by atoms with E-state index in [1.54, 1.807) is 20.9 Å². The summed E-state index contributed by atoms with van der Waals surface area (Å²) in [6, 6.07) is 0. The smallest absolute Gasteiger partial charge is 0.288 e. The molecule has 0 bridgehead atoms. The summed E-state index contributed by atoms with van der Waals surface area (Å²) in [5.41, 5.74) is 0.627. The molecule has 0 aromatic carbocycles. The van der Waals surface area contributed by atoms with Crippen LogP contribution < -0.4 is 5.32 Å². The minimum atomic E-state index is -0.233. The molecule has 0 fully saturated rings. The number of rotatable bonds is 1. The van der Waals surface area contributed by atoms with Gasteiger partial charge < -0.3 is 9.73 Å². The first-order chi connectivity index (χ1) is 5.15. The summed E-state index contributed by atoms with van der Waals surface area (Å²) in [6.45, 7) is 3.44. The molecular formula is C7H10N2O2. The van der Waals surface area contributed by atoms with Crippen LogP contribution >= 0.6 is 0 Å². The van der Waals surface area contributed by atoms with E-state index in [0.29, 0.717) is 17.3 Å². The molecule has 0 atom stereocenters. The molecule has 0 aliphatic heterocycles. The van der Waals surface area contributed by atoms with Crippen molar-refractivity contribution < 1.29 is 9.21 Å². The highest BCUT2D eigenvalue weighted by Crippen LogP contribution is 2.07. The number of carbonyl (C=O) groups is 1. The lowest BCUT2D eigenvalue weighted by atomic mass is 10.3. The van der Waals surface area contributed by atoms with Crippen molar-refractivity contribution in [1.29, 1.82) is 0 Å². The number of nitrogens with one attached hydrogen (secondary N) is 1. The average molecular weight is 154 g/mol. The number of nitrogens with zero attached hydrogens (tertiary/aromatic N) is 1. The summed E-state index contributed by atoms with van der Waals surface area (Å²) in [5, 5.41) is 2.46. The molecule has 1 aromatic heterocycles. The first-order valence-electron chi connectivity index (χ1n) is 3.31. The number of aromatic nitrogens is 1. The number of hydrogen-bond donors (Lipinski definition) is 1. The summed E-state index contributed by atoms with van der Waals surface area (Å²) < 4.78 is 5.04. The molecule has 0 radical (unpaired) electrons. The second kappa shape index (κ2) is 2.74. The fourth-order valence-corrected chi connectivity index (χ4v) is 0.856. The Morgan fingerprint density at radius 1 is 1.55 bits per heavy atom. The van der Waals surface area contributed by atoms with Crippen molar-refractivity contribution in [3.63, 3.8) is 0 Å². The summed E-state index contributed by atoms with van der Waals surface area (Å²) >= 11 is 0. The van der Waals surface area contributed by atoms with Gasteiger partial charge in [-0.15, -0.1) is 0 Å². The molecule has 11 heavy (non-hydrogen) atoms. The Kier molecular flexibility index (Phi) is 1.94. The van der Waals surface area contributed by atoms with Crippen LogP contribution in [-0.2, 0) is 0 Å². The Hall–Kier alpha value is -1.32. The van der Waals surface area contributed by atoms with Crippen LogP contribution in [0, 0.1) is 13.8 Å². The Morgan fingerprint density at radius 3 is 2.55 bits per heavy atom. The van der Waals surface area contributed by atoms with Crippen molar-refractivity contribution in [2.45, 2.75) is 13.8 Å². The lowest BCUT2D eigenvalue weighted by Gasteiger charge is -1.92. The molecule has 60 valence electrons. The van der Waals surface area contributed by atoms with Gasteiger partial charge in [-0.05, 0) is 6.92 Å². The molecule has 4 heteroatoms. The standard InChI is InChI=1S/C7H10N2O2/c1-4-6(7(10)8-3)11-5(2)9-4/h1-3H3,(H,8,10). The summed E-state index contributed by atoms with van der Waals surface area (Å²) in [4.78, 5) is 15.0. The zero-order chi connectivity index (χ0) is 8.43. The van der Waals surface area contributed by atoms with Gasteiger partial charge in [-0.3, -0.25) is 4.79 Å². The van der Waals surface area contributed by atoms with Crippen LogP contribution in [0.25, 0.3) is 0 Å². The van der Waals surface area contributed by atoms with Crippen LogP contribution in [0.5, 0.6) is 0 Å². The van der Waals surface area contributed by atoms with Gasteiger partial charge in [0.1, 0.15) is 0 Å². The molecule has 1 aromatic rings. The van der Waals surface area contributed by atoms with Gasteiger partial charge >= 0.3 is 0 Å². The number of carbonyl (C=O) groups excluding carboxylic acids is 1. The molecule has 1 heterocycles. The molecule has 4 nitrogen and oxygen atoms in total. The monoisotopic (exact) mass is 154 g/mol. The van der Waals surface area contributed by atoms with E-state index in [0.717, 1.165) is 0 Å². The van der Waals surface area contributed by atoms with E-state index in [4.69, 9.17) is 4.42 Å². The molecule has 0 aliphatic rings. The van der Waals surface area contributed by atoms with E-state index in [9.17, 15) is 4.79 Å². The van der Waals surface area contributed by atoms with Crippen LogP contribution in [0.15, 0.2) is 4.42 Å². The van der Waals surface area contributed by atoms with Crippen molar-refractivity contribution in [2.75, 3.05) is 7.05 Å². The fraction of sp³-hybridized carbons (Fsp3) is 0.429. The highest BCUT2D eigenvalue weighted by Gasteiger charge is 2.13. The lowest BCUT2D eigenvalue weighted by molar-refractivity contribution is 0.0933. The van der Waals surface area contributed by atoms with E-state index in [-0.39, 0.29) is 5.91 Å². The van der Waals surface area contributed by atoms with Gasteiger partial charge in [0.15, 0.2) is 5.89 Å². The van der Waals surface area contributed by atoms with Gasteiger partial charge in [0.2, 0.25) is 5.76 Å². The maximum absolute atomic E-state index is 11.0. The summed E-state index contributed by atoms with van der Waals surface area (Å²) in [5.74, 6) is 0.578. The van der Waals surface area contributed by atoms with Gasteiger partial charge in [0.25, 0.3) is 5.91 Å². The molecule has 0 aliphatic carbocycles. The quantitative estimate of drug-likeness (QED) is 0.646. The lowest BCUT2D eigenvalue weighted by Crippen LogP contribution is -2.17. The maximum Gasteiger partial charge on any atom is 0.288 e. The highest BCUT2D eigenvalue weighted by molar-refractivity contribution is 5.92. The Balaban J connectivity index is 3.03. The minimum absolute atomic E-state index is 0.233. The van der Waals surface area contributed by atoms with Crippen molar-refractivity contribution in [3.05, 3.63) is 17.3 Å². The van der Waals surface area contributed by atoms with Crippen LogP contribution in [0.3, 0.4) is 0 Å². The number of oxazole rings is 1. The average Bonchev–Trinajstić information content (AvgIpc) is 2.28. The van der Waals surface area contributed by atoms with Crippen LogP contribution in [0.4, 0.5) is 0 Å². The first-order valence-corrected chi connectivity index (χ1v) is 3.31. The zero-order valence-corrected chi connectivity index (χ0v) is 6.76. The van der Waals surface area contributed by atoms with Crippen molar-refractivity contribution in [3.8, 4) is 0 Å². The third-order valence-electron chi connectivity index (χ3n) is 1.34. The maximum atomic E-state index is 11.0. The van der Waals surface area contributed by atoms with E-state index in [2.05, 4.69) is 10.3 Å². The number of hydrogen-bond acceptors (Lipinski definition) is 3. The zero-order valence-electron chi connectivity index (χ0n) is 6.76. The predicted octanol–water partition coefficient (Wildman–Crippen LogP) is 0.651. The van der Waals surface area contributed by atoms with Crippen LogP contribution in [-0.4, -0.2) is 17.9 Å². The predicted molar refractivity (Wildman–Crippen MR) is 39.4 cm³/mol. The Bertz CT molecular complexity index is 278. The van der Waals surface area contributed by atoms with Crippen molar-refractivity contribution >= 4 is 5.91 Å². The van der Waals surface area contributed by atoms with Crippen LogP contribution in [0.1, 0.15) is 22.1 Å². The van der Waals surface area contributed by atoms with E-state index in [1.165, 1.54) is 0 Å². The molecule has 1 rings (SSSR count). The molecule has 0 unspecified atom stereocenters. The summed E-state index contributed by atoms with van der Waals surface area (Å²) in [6.07, 6.45) is 0. The first kappa shape index (κ1) is 7.78. The number of amides is 1. The molecular weight excluding hydrogens is 144 g/mol. The van der Waals surface area contributed by atoms with Gasteiger partial charge in [-0.1, -0.05) is 0 Å². The molecule has 1 N–H and O–H groups in total. The Labute approximate surface area is 64.6 Å². The fourth-order valence-electron chi connectivity index (χ4n) is 0.856. The number of aryl methyl sites for hydroxylation is 2. The van der Waals surface area contributed by atoms with Crippen molar-refractivity contribution in [2.24, 2.45) is 0 Å². The third-order valence-corrected chi connectivity index (χ3v) is 1.34. The Morgan fingerprint density at radius 2 is 2.18 bits per heavy atom. The topological polar surface area (TPSA) is 55.1 Å². The normalized spacial score (nSPS) is 9.73. The van der Waals surface area contributed by atoms with E-state index >= 15 is 0 Å². The van der Waals surface area contributed by atoms with E-state index in [1.807, 2.05) is 0 Å². The largest absolute Gasteiger partial charge is 0.436 e. The van der Waals surface area contributed by atoms with Gasteiger partial charge in [0.05, 0.1) is 5.69 Å². The molecule has 1 amide bonds. The van der Waals surface area contributed by atoms with Gasteiger partial charge in [0, 0.05) is 14.0 Å². The third kappa shape index (κ3) is 1.39. The molecule has 0 spiro atoms. The van der Waals surface area contributed by atoms with Gasteiger partial charge in [-0.25, -0.2) is 4.98 Å². The highest BCUT2D eigenvalue weighted by atomic mass is 16.4. The van der Waals surface area contributed by atoms with Crippen LogP contribution in [0.2, 0.25) is 0 Å². The second-order valence-electron chi connectivity index (χ2n) is 2.23. The molecule has 0 saturated heterocycles. The minimum Gasteiger partial charge on any atom is -0.436 e. The van der Waals surface area contributed by atoms with Crippen molar-refractivity contribution in [1.82, 2.24) is 10.3 Å². The SMILES string of the molecule is CNC(=O)c1oc(C)nc1C.